The Kier molecular flexibility index (Phi) is 4.59. The lowest BCUT2D eigenvalue weighted by atomic mass is 10.1. The van der Waals surface area contributed by atoms with Crippen LogP contribution in [-0.4, -0.2) is 85.8 Å². The Hall–Kier alpha value is -1.63. The third-order valence-corrected chi connectivity index (χ3v) is 3.87. The molecule has 0 aromatic heterocycles. The molecule has 0 spiro atoms. The van der Waals surface area contributed by atoms with Gasteiger partial charge in [-0.15, -0.1) is 0 Å². The average molecular weight is 282 g/mol. The van der Waals surface area contributed by atoms with Crippen molar-refractivity contribution >= 4 is 17.7 Å². The number of carbonyl (C=O) groups is 3. The summed E-state index contributed by atoms with van der Waals surface area (Å²) in [7, 11) is 3.48. The second kappa shape index (κ2) is 6.21. The zero-order valence-corrected chi connectivity index (χ0v) is 12.1. The third-order valence-electron chi connectivity index (χ3n) is 3.87. The predicted molar refractivity (Wildman–Crippen MR) is 72.8 cm³/mol. The first-order valence-electron chi connectivity index (χ1n) is 6.95. The lowest BCUT2D eigenvalue weighted by Gasteiger charge is -2.35. The molecule has 20 heavy (non-hydrogen) atoms. The van der Waals surface area contributed by atoms with Gasteiger partial charge in [0.1, 0.15) is 0 Å². The largest absolute Gasteiger partial charge is 0.355 e. The summed E-state index contributed by atoms with van der Waals surface area (Å²) in [6, 6.07) is 0. The van der Waals surface area contributed by atoms with Crippen molar-refractivity contribution in [1.29, 1.82) is 0 Å². The lowest BCUT2D eigenvalue weighted by molar-refractivity contribution is -0.138. The van der Waals surface area contributed by atoms with Crippen molar-refractivity contribution in [3.8, 4) is 0 Å². The molecular formula is C13H22N4O3. The monoisotopic (exact) mass is 282 g/mol. The summed E-state index contributed by atoms with van der Waals surface area (Å²) >= 11 is 0. The molecule has 7 nitrogen and oxygen atoms in total. The van der Waals surface area contributed by atoms with Gasteiger partial charge in [-0.25, -0.2) is 0 Å². The third kappa shape index (κ3) is 3.47. The Bertz CT molecular complexity index is 402. The summed E-state index contributed by atoms with van der Waals surface area (Å²) < 4.78 is 0. The quantitative estimate of drug-likeness (QED) is 0.673. The second-order valence-electron chi connectivity index (χ2n) is 5.59. The highest BCUT2D eigenvalue weighted by Gasteiger charge is 2.32. The Morgan fingerprint density at radius 1 is 1.25 bits per heavy atom. The molecule has 1 atom stereocenters. The van der Waals surface area contributed by atoms with Gasteiger partial charge >= 0.3 is 0 Å². The van der Waals surface area contributed by atoms with Crippen molar-refractivity contribution in [2.75, 3.05) is 53.4 Å². The van der Waals surface area contributed by atoms with Crippen LogP contribution in [0.4, 0.5) is 0 Å². The van der Waals surface area contributed by atoms with Gasteiger partial charge in [0.25, 0.3) is 0 Å². The molecule has 0 aromatic rings. The van der Waals surface area contributed by atoms with E-state index in [9.17, 15) is 14.4 Å². The number of piperazine rings is 1. The number of carbonyl (C=O) groups excluding carboxylic acids is 3. The molecule has 3 amide bonds. The van der Waals surface area contributed by atoms with E-state index in [-0.39, 0.29) is 23.6 Å². The minimum Gasteiger partial charge on any atom is -0.355 e. The first-order valence-corrected chi connectivity index (χ1v) is 6.95. The highest BCUT2D eigenvalue weighted by Crippen LogP contribution is 2.14. The number of nitrogens with one attached hydrogen (secondary N) is 1. The van der Waals surface area contributed by atoms with Crippen LogP contribution in [-0.2, 0) is 14.4 Å². The summed E-state index contributed by atoms with van der Waals surface area (Å²) in [6.45, 7) is 3.53. The van der Waals surface area contributed by atoms with Gasteiger partial charge in [-0.3, -0.25) is 19.3 Å². The molecular weight excluding hydrogens is 260 g/mol. The van der Waals surface area contributed by atoms with E-state index in [0.29, 0.717) is 45.7 Å². The molecule has 2 fully saturated rings. The molecule has 7 heteroatoms. The van der Waals surface area contributed by atoms with E-state index in [4.69, 9.17) is 0 Å². The molecule has 2 aliphatic rings. The fraction of sp³-hybridized carbons (Fsp3) is 0.769. The van der Waals surface area contributed by atoms with Crippen molar-refractivity contribution in [3.63, 3.8) is 0 Å². The molecule has 0 aromatic carbocycles. The van der Waals surface area contributed by atoms with Crippen LogP contribution >= 0.6 is 0 Å². The molecule has 0 radical (unpaired) electrons. The summed E-state index contributed by atoms with van der Waals surface area (Å²) in [5.41, 5.74) is 0. The van der Waals surface area contributed by atoms with Crippen LogP contribution < -0.4 is 5.32 Å². The highest BCUT2D eigenvalue weighted by molar-refractivity contribution is 5.89. The molecule has 1 N–H and O–H groups in total. The minimum absolute atomic E-state index is 0.0430. The van der Waals surface area contributed by atoms with E-state index in [2.05, 4.69) is 10.2 Å². The zero-order chi connectivity index (χ0) is 14.7. The van der Waals surface area contributed by atoms with Gasteiger partial charge in [-0.1, -0.05) is 0 Å². The maximum Gasteiger partial charge on any atom is 0.236 e. The van der Waals surface area contributed by atoms with Crippen molar-refractivity contribution in [3.05, 3.63) is 0 Å². The Morgan fingerprint density at radius 2 is 1.90 bits per heavy atom. The van der Waals surface area contributed by atoms with Crippen LogP contribution in [0.25, 0.3) is 0 Å². The molecule has 0 aliphatic carbocycles. The Labute approximate surface area is 118 Å². The molecule has 1 unspecified atom stereocenters. The predicted octanol–water partition coefficient (Wildman–Crippen LogP) is -1.65. The number of likely N-dealkylation sites (N-methyl/N-ethyl adjacent to an activating group) is 1. The smallest absolute Gasteiger partial charge is 0.236 e. The van der Waals surface area contributed by atoms with Crippen LogP contribution in [0.2, 0.25) is 0 Å². The van der Waals surface area contributed by atoms with Gasteiger partial charge < -0.3 is 15.1 Å². The molecule has 2 aliphatic heterocycles. The number of hydrogen-bond donors (Lipinski definition) is 1. The number of hydrogen-bond acceptors (Lipinski definition) is 4. The highest BCUT2D eigenvalue weighted by atomic mass is 16.2. The maximum absolute atomic E-state index is 12.2. The fourth-order valence-corrected chi connectivity index (χ4v) is 2.50. The van der Waals surface area contributed by atoms with Crippen LogP contribution in [0.1, 0.15) is 6.42 Å². The van der Waals surface area contributed by atoms with Gasteiger partial charge in [-0.05, 0) is 0 Å². The van der Waals surface area contributed by atoms with E-state index >= 15 is 0 Å². The molecule has 0 bridgehead atoms. The summed E-state index contributed by atoms with van der Waals surface area (Å²) in [5, 5.41) is 2.69. The first-order chi connectivity index (χ1) is 9.47. The van der Waals surface area contributed by atoms with Crippen molar-refractivity contribution in [2.45, 2.75) is 6.42 Å². The molecule has 2 heterocycles. The standard InChI is InChI=1S/C13H22N4O3/c1-15(2)12(19)9-16-3-5-17(6-4-16)13(20)10-7-11(18)14-8-10/h10H,3-9H2,1-2H3,(H,14,18). The molecule has 2 saturated heterocycles. The van der Waals surface area contributed by atoms with Crippen LogP contribution in [0.3, 0.4) is 0 Å². The van der Waals surface area contributed by atoms with Crippen molar-refractivity contribution in [2.24, 2.45) is 5.92 Å². The van der Waals surface area contributed by atoms with E-state index in [1.165, 1.54) is 0 Å². The Balaban J connectivity index is 1.78. The van der Waals surface area contributed by atoms with Crippen molar-refractivity contribution in [1.82, 2.24) is 20.0 Å². The van der Waals surface area contributed by atoms with Gasteiger partial charge in [0.15, 0.2) is 0 Å². The fourth-order valence-electron chi connectivity index (χ4n) is 2.50. The number of nitrogens with zero attached hydrogens (tertiary/aromatic N) is 3. The Morgan fingerprint density at radius 3 is 2.40 bits per heavy atom. The second-order valence-corrected chi connectivity index (χ2v) is 5.59. The van der Waals surface area contributed by atoms with E-state index in [0.717, 1.165) is 0 Å². The lowest BCUT2D eigenvalue weighted by Crippen LogP contribution is -2.52. The first kappa shape index (κ1) is 14.8. The topological polar surface area (TPSA) is 73.0 Å². The van der Waals surface area contributed by atoms with Crippen LogP contribution in [0.5, 0.6) is 0 Å². The summed E-state index contributed by atoms with van der Waals surface area (Å²) in [5.74, 6) is -0.117. The summed E-state index contributed by atoms with van der Waals surface area (Å²) in [6.07, 6.45) is 0.304. The molecule has 2 rings (SSSR count). The van der Waals surface area contributed by atoms with Crippen molar-refractivity contribution < 1.29 is 14.4 Å². The SMILES string of the molecule is CN(C)C(=O)CN1CCN(C(=O)C2CNC(=O)C2)CC1. The average Bonchev–Trinajstić information content (AvgIpc) is 2.85. The van der Waals surface area contributed by atoms with Gasteiger partial charge in [0, 0.05) is 53.2 Å². The van der Waals surface area contributed by atoms with Crippen LogP contribution in [0, 0.1) is 5.92 Å². The zero-order valence-electron chi connectivity index (χ0n) is 12.1. The van der Waals surface area contributed by atoms with Gasteiger partial charge in [0.2, 0.25) is 17.7 Å². The van der Waals surface area contributed by atoms with Crippen LogP contribution in [0.15, 0.2) is 0 Å². The maximum atomic E-state index is 12.2. The molecule has 0 saturated carbocycles. The molecule has 112 valence electrons. The normalized spacial score (nSPS) is 23.6. The number of rotatable bonds is 3. The minimum atomic E-state index is -0.211. The van der Waals surface area contributed by atoms with Gasteiger partial charge in [0.05, 0.1) is 12.5 Å². The summed E-state index contributed by atoms with van der Waals surface area (Å²) in [4.78, 5) is 40.4. The number of amides is 3. The van der Waals surface area contributed by atoms with E-state index in [1.54, 1.807) is 19.0 Å². The van der Waals surface area contributed by atoms with E-state index in [1.807, 2.05) is 4.90 Å². The van der Waals surface area contributed by atoms with E-state index < -0.39 is 0 Å². The van der Waals surface area contributed by atoms with Gasteiger partial charge in [-0.2, -0.15) is 0 Å².